The van der Waals surface area contributed by atoms with Crippen molar-refractivity contribution >= 4 is 0 Å². The Bertz CT molecular complexity index is 729. The van der Waals surface area contributed by atoms with E-state index in [0.29, 0.717) is 18.4 Å². The van der Waals surface area contributed by atoms with Gasteiger partial charge >= 0.3 is 0 Å². The number of benzene rings is 1. The van der Waals surface area contributed by atoms with Gasteiger partial charge in [-0.3, -0.25) is 4.90 Å². The molecule has 3 atom stereocenters. The zero-order valence-electron chi connectivity index (χ0n) is 17.2. The summed E-state index contributed by atoms with van der Waals surface area (Å²) in [6.45, 7) is 7.63. The normalized spacial score (nSPS) is 35.8. The first-order valence-electron chi connectivity index (χ1n) is 11.0. The summed E-state index contributed by atoms with van der Waals surface area (Å²) in [5.74, 6) is 0.977. The van der Waals surface area contributed by atoms with Gasteiger partial charge in [0.25, 0.3) is 0 Å². The van der Waals surface area contributed by atoms with Crippen LogP contribution >= 0.6 is 0 Å². The van der Waals surface area contributed by atoms with Crippen LogP contribution in [0.2, 0.25) is 0 Å². The zero-order chi connectivity index (χ0) is 19.4. The summed E-state index contributed by atoms with van der Waals surface area (Å²) in [6.07, 6.45) is 7.63. The maximum atomic E-state index is 10.3. The lowest BCUT2D eigenvalue weighted by molar-refractivity contribution is -0.234. The van der Waals surface area contributed by atoms with Crippen molar-refractivity contribution in [3.8, 4) is 11.5 Å². The molecule has 1 aliphatic carbocycles. The van der Waals surface area contributed by atoms with Crippen LogP contribution in [0.5, 0.6) is 11.5 Å². The second-order valence-corrected chi connectivity index (χ2v) is 9.74. The molecule has 2 saturated heterocycles. The van der Waals surface area contributed by atoms with Gasteiger partial charge in [0, 0.05) is 30.6 Å². The van der Waals surface area contributed by atoms with Crippen molar-refractivity contribution in [2.24, 2.45) is 5.92 Å². The topological polar surface area (TPSA) is 51.2 Å². The van der Waals surface area contributed by atoms with E-state index in [-0.39, 0.29) is 23.4 Å². The maximum absolute atomic E-state index is 10.3. The third-order valence-corrected chi connectivity index (χ3v) is 7.44. The Labute approximate surface area is 168 Å². The highest BCUT2D eigenvalue weighted by molar-refractivity contribution is 5.49. The van der Waals surface area contributed by atoms with Crippen molar-refractivity contribution in [2.75, 3.05) is 26.3 Å². The fourth-order valence-electron chi connectivity index (χ4n) is 5.90. The molecule has 1 aromatic rings. The van der Waals surface area contributed by atoms with Crippen LogP contribution in [0.1, 0.15) is 64.0 Å². The van der Waals surface area contributed by atoms with Gasteiger partial charge in [-0.25, -0.2) is 0 Å². The van der Waals surface area contributed by atoms with Crippen molar-refractivity contribution < 1.29 is 19.3 Å². The van der Waals surface area contributed by atoms with Crippen LogP contribution in [0.25, 0.3) is 0 Å². The molecule has 3 aliphatic heterocycles. The maximum Gasteiger partial charge on any atom is 0.167 e. The van der Waals surface area contributed by atoms with Gasteiger partial charge in [0.15, 0.2) is 11.5 Å². The van der Waals surface area contributed by atoms with Crippen LogP contribution in [0.3, 0.4) is 0 Å². The summed E-state index contributed by atoms with van der Waals surface area (Å²) in [6, 6.07) is 6.30. The molecule has 0 bridgehead atoms. The molecule has 3 heterocycles. The molecule has 4 aliphatic rings. The van der Waals surface area contributed by atoms with Crippen LogP contribution in [-0.2, 0) is 9.47 Å². The Hall–Kier alpha value is -1.30. The molecule has 5 rings (SSSR count). The molecule has 0 unspecified atom stereocenters. The van der Waals surface area contributed by atoms with Gasteiger partial charge in [0.2, 0.25) is 0 Å². The molecule has 1 N–H and O–H groups in total. The molecule has 1 saturated carbocycles. The van der Waals surface area contributed by atoms with Crippen molar-refractivity contribution in [1.29, 1.82) is 0 Å². The standard InChI is InChI=1S/C23H33NO4/c1-22(2)18-13-23(14-24(11-12-27-23)16-7-4-3-5-8-16)15-26-20(18)17-9-6-10-19(25)21(17)28-22/h6,9-10,16,18,20,25H,3-5,7-8,11-15H2,1-2H3/t18-,20+,23+/m0/s1. The van der Waals surface area contributed by atoms with Crippen LogP contribution < -0.4 is 4.74 Å². The second-order valence-electron chi connectivity index (χ2n) is 9.74. The van der Waals surface area contributed by atoms with E-state index in [4.69, 9.17) is 14.2 Å². The first-order chi connectivity index (χ1) is 13.5. The van der Waals surface area contributed by atoms with E-state index in [1.165, 1.54) is 32.1 Å². The molecular formula is C23H33NO4. The molecule has 5 heteroatoms. The summed E-state index contributed by atoms with van der Waals surface area (Å²) in [5.41, 5.74) is 0.311. The molecular weight excluding hydrogens is 354 g/mol. The number of aromatic hydroxyl groups is 1. The first-order valence-corrected chi connectivity index (χ1v) is 11.0. The largest absolute Gasteiger partial charge is 0.504 e. The second kappa shape index (κ2) is 6.89. The number of nitrogens with zero attached hydrogens (tertiary/aromatic N) is 1. The summed E-state index contributed by atoms with van der Waals surface area (Å²) >= 11 is 0. The van der Waals surface area contributed by atoms with E-state index in [9.17, 15) is 5.11 Å². The highest BCUT2D eigenvalue weighted by Crippen LogP contribution is 2.54. The zero-order valence-corrected chi connectivity index (χ0v) is 17.2. The minimum atomic E-state index is -0.416. The average molecular weight is 388 g/mol. The Balaban J connectivity index is 1.39. The molecule has 3 fully saturated rings. The average Bonchev–Trinajstić information content (AvgIpc) is 2.70. The van der Waals surface area contributed by atoms with E-state index in [1.807, 2.05) is 12.1 Å². The van der Waals surface area contributed by atoms with E-state index in [2.05, 4.69) is 18.7 Å². The van der Waals surface area contributed by atoms with Crippen LogP contribution in [0.4, 0.5) is 0 Å². The highest BCUT2D eigenvalue weighted by atomic mass is 16.6. The van der Waals surface area contributed by atoms with E-state index < -0.39 is 5.60 Å². The third-order valence-electron chi connectivity index (χ3n) is 7.44. The first kappa shape index (κ1) is 18.7. The lowest BCUT2D eigenvalue weighted by atomic mass is 9.71. The third kappa shape index (κ3) is 3.12. The summed E-state index contributed by atoms with van der Waals surface area (Å²) in [4.78, 5) is 2.67. The molecule has 0 aromatic heterocycles. The monoisotopic (exact) mass is 387 g/mol. The van der Waals surface area contributed by atoms with E-state index in [0.717, 1.165) is 31.7 Å². The number of fused-ring (bicyclic) bond motifs is 3. The smallest absolute Gasteiger partial charge is 0.167 e. The Morgan fingerprint density at radius 3 is 2.79 bits per heavy atom. The predicted octanol–water partition coefficient (Wildman–Crippen LogP) is 4.04. The number of phenols is 1. The van der Waals surface area contributed by atoms with Crippen molar-refractivity contribution in [3.05, 3.63) is 23.8 Å². The van der Waals surface area contributed by atoms with Gasteiger partial charge in [0.05, 0.1) is 19.3 Å². The number of para-hydroxylation sites is 1. The van der Waals surface area contributed by atoms with Crippen molar-refractivity contribution in [2.45, 2.75) is 75.7 Å². The van der Waals surface area contributed by atoms with Gasteiger partial charge in [-0.05, 0) is 39.2 Å². The van der Waals surface area contributed by atoms with E-state index >= 15 is 0 Å². The number of rotatable bonds is 1. The summed E-state index contributed by atoms with van der Waals surface area (Å²) in [7, 11) is 0. The highest BCUT2D eigenvalue weighted by Gasteiger charge is 2.54. The number of hydrogen-bond donors (Lipinski definition) is 1. The molecule has 154 valence electrons. The number of morpholine rings is 1. The number of hydrogen-bond acceptors (Lipinski definition) is 5. The van der Waals surface area contributed by atoms with E-state index in [1.54, 1.807) is 6.07 Å². The van der Waals surface area contributed by atoms with Gasteiger partial charge < -0.3 is 19.3 Å². The van der Waals surface area contributed by atoms with Gasteiger partial charge in [0.1, 0.15) is 11.2 Å². The molecule has 5 nitrogen and oxygen atoms in total. The fourth-order valence-corrected chi connectivity index (χ4v) is 5.90. The molecule has 0 amide bonds. The Morgan fingerprint density at radius 2 is 1.96 bits per heavy atom. The lowest BCUT2D eigenvalue weighted by Crippen LogP contribution is -2.62. The lowest BCUT2D eigenvalue weighted by Gasteiger charge is -2.55. The molecule has 0 radical (unpaired) electrons. The quantitative estimate of drug-likeness (QED) is 0.788. The summed E-state index contributed by atoms with van der Waals surface area (Å²) < 4.78 is 19.2. The minimum absolute atomic E-state index is 0.0508. The molecule has 1 aromatic carbocycles. The van der Waals surface area contributed by atoms with Gasteiger partial charge in [-0.15, -0.1) is 0 Å². The van der Waals surface area contributed by atoms with Crippen LogP contribution in [0.15, 0.2) is 18.2 Å². The van der Waals surface area contributed by atoms with Crippen LogP contribution in [0, 0.1) is 5.92 Å². The van der Waals surface area contributed by atoms with Crippen molar-refractivity contribution in [1.82, 2.24) is 4.90 Å². The summed E-state index contributed by atoms with van der Waals surface area (Å²) in [5, 5.41) is 10.3. The Kier molecular flexibility index (Phi) is 4.61. The minimum Gasteiger partial charge on any atom is -0.504 e. The van der Waals surface area contributed by atoms with Gasteiger partial charge in [-0.1, -0.05) is 31.4 Å². The SMILES string of the molecule is CC1(C)Oc2c(O)cccc2[C@H]2OC[C@@]3(C[C@@H]21)CN(C1CCCCC1)CCO3. The predicted molar refractivity (Wildman–Crippen MR) is 107 cm³/mol. The van der Waals surface area contributed by atoms with Gasteiger partial charge in [-0.2, -0.15) is 0 Å². The van der Waals surface area contributed by atoms with Crippen molar-refractivity contribution in [3.63, 3.8) is 0 Å². The Morgan fingerprint density at radius 1 is 1.14 bits per heavy atom. The molecule has 1 spiro atoms. The molecule has 28 heavy (non-hydrogen) atoms. The number of ether oxygens (including phenoxy) is 3. The van der Waals surface area contributed by atoms with Crippen LogP contribution in [-0.4, -0.2) is 53.6 Å². The fraction of sp³-hybridized carbons (Fsp3) is 0.739. The number of phenolic OH excluding ortho intramolecular Hbond substituents is 1.